The highest BCUT2D eigenvalue weighted by molar-refractivity contribution is 8.08. The number of thioether (sulfide) groups is 1. The first-order chi connectivity index (χ1) is 12.7. The van der Waals surface area contributed by atoms with Crippen molar-refractivity contribution in [2.45, 2.75) is 37.9 Å². The van der Waals surface area contributed by atoms with Gasteiger partial charge in [-0.25, -0.2) is 4.99 Å². The second kappa shape index (κ2) is 7.71. The zero-order valence-electron chi connectivity index (χ0n) is 15.4. The molecule has 2 aliphatic rings. The molecule has 2 nitrogen and oxygen atoms in total. The molecule has 0 bridgehead atoms. The van der Waals surface area contributed by atoms with E-state index in [2.05, 4.69) is 60.9 Å². The zero-order chi connectivity index (χ0) is 17.9. The van der Waals surface area contributed by atoms with Gasteiger partial charge in [0.25, 0.3) is 0 Å². The Bertz CT molecular complexity index is 817. The Labute approximate surface area is 161 Å². The molecule has 26 heavy (non-hydrogen) atoms. The average Bonchev–Trinajstić information content (AvgIpc) is 3.30. The molecule has 1 aliphatic carbocycles. The maximum absolute atomic E-state index is 4.72. The first-order valence-electron chi connectivity index (χ1n) is 9.53. The number of likely N-dealkylation sites (tertiary alicyclic amines) is 1. The summed E-state index contributed by atoms with van der Waals surface area (Å²) in [5.41, 5.74) is 6.51. The number of hydrogen-bond acceptors (Lipinski definition) is 2. The Morgan fingerprint density at radius 2 is 1.92 bits per heavy atom. The molecular weight excluding hydrogens is 336 g/mol. The predicted octanol–water partition coefficient (Wildman–Crippen LogP) is 6.14. The minimum atomic E-state index is 0.487. The normalized spacial score (nSPS) is 19.3. The standard InChI is InChI=1S/C23H26N2S/c1-17-5-7-19(8-6-17)18(2)26-23-12-10-20-9-11-21(15-22(20)23)24-16-25-13-3-4-14-25/h5-9,11,15-16,23H,2-4,10,12-14H2,1H3/t23-/m0/s1. The molecule has 0 amide bonds. The van der Waals surface area contributed by atoms with Gasteiger partial charge in [0.2, 0.25) is 0 Å². The SMILES string of the molecule is C=C(S[C@H]1CCc2ccc(N=CN3CCCC3)cc21)c1ccc(C)cc1. The van der Waals surface area contributed by atoms with Crippen molar-refractivity contribution in [3.05, 3.63) is 71.3 Å². The Morgan fingerprint density at radius 1 is 1.15 bits per heavy atom. The lowest BCUT2D eigenvalue weighted by atomic mass is 10.1. The van der Waals surface area contributed by atoms with Gasteiger partial charge >= 0.3 is 0 Å². The van der Waals surface area contributed by atoms with E-state index < -0.39 is 0 Å². The average molecular weight is 363 g/mol. The summed E-state index contributed by atoms with van der Waals surface area (Å²) in [6.45, 7) is 8.74. The quantitative estimate of drug-likeness (QED) is 0.469. The fraction of sp³-hybridized carbons (Fsp3) is 0.348. The lowest BCUT2D eigenvalue weighted by Gasteiger charge is -2.14. The number of aryl methyl sites for hydroxylation is 2. The third kappa shape index (κ3) is 3.88. The minimum absolute atomic E-state index is 0.487. The lowest BCUT2D eigenvalue weighted by molar-refractivity contribution is 0.536. The Balaban J connectivity index is 1.48. The number of hydrogen-bond donors (Lipinski definition) is 0. The van der Waals surface area contributed by atoms with Gasteiger partial charge in [-0.05, 0) is 61.4 Å². The summed E-state index contributed by atoms with van der Waals surface area (Å²) in [4.78, 5) is 8.20. The molecule has 4 rings (SSSR count). The molecule has 2 aromatic rings. The van der Waals surface area contributed by atoms with Crippen LogP contribution in [0.5, 0.6) is 0 Å². The number of nitrogens with zero attached hydrogens (tertiary/aromatic N) is 2. The van der Waals surface area contributed by atoms with Gasteiger partial charge < -0.3 is 4.90 Å². The third-order valence-electron chi connectivity index (χ3n) is 5.32. The van der Waals surface area contributed by atoms with Crippen LogP contribution in [-0.4, -0.2) is 24.3 Å². The van der Waals surface area contributed by atoms with Crippen molar-refractivity contribution in [2.24, 2.45) is 4.99 Å². The van der Waals surface area contributed by atoms with Crippen LogP contribution < -0.4 is 0 Å². The van der Waals surface area contributed by atoms with Gasteiger partial charge in [-0.2, -0.15) is 0 Å². The van der Waals surface area contributed by atoms with E-state index in [9.17, 15) is 0 Å². The largest absolute Gasteiger partial charge is 0.363 e. The minimum Gasteiger partial charge on any atom is -0.363 e. The van der Waals surface area contributed by atoms with Crippen LogP contribution >= 0.6 is 11.8 Å². The van der Waals surface area contributed by atoms with Crippen LogP contribution in [0.1, 0.15) is 46.8 Å². The maximum atomic E-state index is 4.72. The molecule has 1 saturated heterocycles. The number of benzene rings is 2. The van der Waals surface area contributed by atoms with Crippen LogP contribution in [0.15, 0.2) is 54.0 Å². The van der Waals surface area contributed by atoms with E-state index in [0.717, 1.165) is 30.1 Å². The van der Waals surface area contributed by atoms with Gasteiger partial charge in [0.05, 0.1) is 12.0 Å². The van der Waals surface area contributed by atoms with Gasteiger partial charge in [0.1, 0.15) is 0 Å². The molecule has 0 saturated carbocycles. The highest BCUT2D eigenvalue weighted by atomic mass is 32.2. The number of aliphatic imine (C=N–C) groups is 1. The Kier molecular flexibility index (Phi) is 5.16. The van der Waals surface area contributed by atoms with Crippen molar-refractivity contribution >= 4 is 28.7 Å². The van der Waals surface area contributed by atoms with Crippen molar-refractivity contribution in [1.82, 2.24) is 4.90 Å². The molecule has 0 aromatic heterocycles. The third-order valence-corrected chi connectivity index (χ3v) is 6.62. The molecule has 0 unspecified atom stereocenters. The summed E-state index contributed by atoms with van der Waals surface area (Å²) in [6.07, 6.45) is 6.94. The topological polar surface area (TPSA) is 15.6 Å². The number of fused-ring (bicyclic) bond motifs is 1. The molecule has 1 fully saturated rings. The van der Waals surface area contributed by atoms with E-state index in [0.29, 0.717) is 5.25 Å². The van der Waals surface area contributed by atoms with Crippen molar-refractivity contribution in [3.8, 4) is 0 Å². The first-order valence-corrected chi connectivity index (χ1v) is 10.4. The fourth-order valence-corrected chi connectivity index (χ4v) is 4.94. The Morgan fingerprint density at radius 3 is 2.69 bits per heavy atom. The van der Waals surface area contributed by atoms with E-state index in [1.54, 1.807) is 0 Å². The fourth-order valence-electron chi connectivity index (χ4n) is 3.74. The van der Waals surface area contributed by atoms with Crippen LogP contribution in [0.2, 0.25) is 0 Å². The molecule has 3 heteroatoms. The van der Waals surface area contributed by atoms with E-state index in [1.807, 2.05) is 18.1 Å². The van der Waals surface area contributed by atoms with Gasteiger partial charge in [0.15, 0.2) is 0 Å². The van der Waals surface area contributed by atoms with Crippen LogP contribution in [0.25, 0.3) is 4.91 Å². The molecule has 134 valence electrons. The van der Waals surface area contributed by atoms with Gasteiger partial charge in [-0.1, -0.05) is 42.5 Å². The second-order valence-corrected chi connectivity index (χ2v) is 8.60. The number of rotatable bonds is 5. The van der Waals surface area contributed by atoms with Crippen molar-refractivity contribution in [1.29, 1.82) is 0 Å². The van der Waals surface area contributed by atoms with Crippen LogP contribution in [0.3, 0.4) is 0 Å². The van der Waals surface area contributed by atoms with E-state index >= 15 is 0 Å². The highest BCUT2D eigenvalue weighted by Crippen LogP contribution is 2.47. The molecular formula is C23H26N2S. The smallest absolute Gasteiger partial charge is 0.0912 e. The van der Waals surface area contributed by atoms with Gasteiger partial charge in [0, 0.05) is 23.2 Å². The monoisotopic (exact) mass is 362 g/mol. The van der Waals surface area contributed by atoms with E-state index in [4.69, 9.17) is 4.99 Å². The summed E-state index contributed by atoms with van der Waals surface area (Å²) in [6, 6.07) is 15.4. The van der Waals surface area contributed by atoms with Crippen molar-refractivity contribution < 1.29 is 0 Å². The van der Waals surface area contributed by atoms with E-state index in [-0.39, 0.29) is 0 Å². The van der Waals surface area contributed by atoms with Crippen LogP contribution in [-0.2, 0) is 6.42 Å². The molecule has 1 aliphatic heterocycles. The maximum Gasteiger partial charge on any atom is 0.0912 e. The first kappa shape index (κ1) is 17.4. The van der Waals surface area contributed by atoms with E-state index in [1.165, 1.54) is 41.5 Å². The summed E-state index contributed by atoms with van der Waals surface area (Å²) < 4.78 is 0. The molecule has 1 atom stereocenters. The zero-order valence-corrected chi connectivity index (χ0v) is 16.3. The van der Waals surface area contributed by atoms with Crippen molar-refractivity contribution in [2.75, 3.05) is 13.1 Å². The molecule has 0 N–H and O–H groups in total. The van der Waals surface area contributed by atoms with Crippen LogP contribution in [0, 0.1) is 6.92 Å². The summed E-state index contributed by atoms with van der Waals surface area (Å²) in [5, 5.41) is 0.487. The lowest BCUT2D eigenvalue weighted by Crippen LogP contribution is -2.16. The second-order valence-electron chi connectivity index (χ2n) is 7.31. The Hall–Kier alpha value is -2.00. The summed E-state index contributed by atoms with van der Waals surface area (Å²) in [5.74, 6) is 0. The molecule has 0 radical (unpaired) electrons. The highest BCUT2D eigenvalue weighted by Gasteiger charge is 2.24. The van der Waals surface area contributed by atoms with Gasteiger partial charge in [-0.3, -0.25) is 0 Å². The van der Waals surface area contributed by atoms with Crippen molar-refractivity contribution in [3.63, 3.8) is 0 Å². The molecule has 2 aromatic carbocycles. The van der Waals surface area contributed by atoms with Gasteiger partial charge in [-0.15, -0.1) is 11.8 Å². The summed E-state index contributed by atoms with van der Waals surface area (Å²) >= 11 is 1.90. The molecule has 1 heterocycles. The molecule has 0 spiro atoms. The predicted molar refractivity (Wildman–Crippen MR) is 114 cm³/mol. The summed E-state index contributed by atoms with van der Waals surface area (Å²) in [7, 11) is 0. The van der Waals surface area contributed by atoms with Crippen LogP contribution in [0.4, 0.5) is 5.69 Å².